The fraction of sp³-hybridized carbons (Fsp3) is 0.294. The van der Waals surface area contributed by atoms with Gasteiger partial charge in [0.1, 0.15) is 0 Å². The maximum Gasteiger partial charge on any atom is 0.227 e. The van der Waals surface area contributed by atoms with Crippen LogP contribution >= 0.6 is 0 Å². The van der Waals surface area contributed by atoms with Crippen molar-refractivity contribution in [1.82, 2.24) is 4.98 Å². The first-order valence-electron chi connectivity index (χ1n) is 7.30. The van der Waals surface area contributed by atoms with Crippen molar-refractivity contribution in [1.29, 1.82) is 0 Å². The summed E-state index contributed by atoms with van der Waals surface area (Å²) in [6.07, 6.45) is 5.68. The molecular weight excluding hydrogens is 262 g/mol. The molecule has 1 aliphatic rings. The monoisotopic (exact) mass is 281 g/mol. The summed E-state index contributed by atoms with van der Waals surface area (Å²) in [5.41, 5.74) is 3.02. The predicted octanol–water partition coefficient (Wildman–Crippen LogP) is 3.60. The summed E-state index contributed by atoms with van der Waals surface area (Å²) in [5, 5.41) is 6.36. The summed E-state index contributed by atoms with van der Waals surface area (Å²) in [6.45, 7) is 2.10. The molecule has 108 valence electrons. The van der Waals surface area contributed by atoms with Gasteiger partial charge in [0.2, 0.25) is 5.91 Å². The van der Waals surface area contributed by atoms with E-state index < -0.39 is 0 Å². The molecule has 1 saturated carbocycles. The van der Waals surface area contributed by atoms with Crippen LogP contribution < -0.4 is 10.6 Å². The number of carbonyl (C=O) groups is 1. The molecule has 1 unspecified atom stereocenters. The zero-order valence-corrected chi connectivity index (χ0v) is 12.0. The van der Waals surface area contributed by atoms with Crippen LogP contribution in [0.3, 0.4) is 0 Å². The molecule has 21 heavy (non-hydrogen) atoms. The average Bonchev–Trinajstić information content (AvgIpc) is 3.35. The van der Waals surface area contributed by atoms with E-state index in [1.165, 1.54) is 0 Å². The molecule has 1 heterocycles. The van der Waals surface area contributed by atoms with Gasteiger partial charge in [-0.3, -0.25) is 9.78 Å². The zero-order chi connectivity index (χ0) is 14.7. The Morgan fingerprint density at radius 3 is 2.52 bits per heavy atom. The highest BCUT2D eigenvalue weighted by atomic mass is 16.2. The van der Waals surface area contributed by atoms with Gasteiger partial charge < -0.3 is 10.6 Å². The average molecular weight is 281 g/mol. The molecule has 0 aliphatic heterocycles. The second-order valence-corrected chi connectivity index (χ2v) is 5.49. The minimum Gasteiger partial charge on any atom is -0.378 e. The van der Waals surface area contributed by atoms with Gasteiger partial charge in [0, 0.05) is 29.7 Å². The summed E-state index contributed by atoms with van der Waals surface area (Å²) < 4.78 is 0. The molecule has 1 amide bonds. The standard InChI is InChI=1S/C17H19N3O/c1-12(14-3-2-10-18-11-14)19-15-6-8-16(9-7-15)20-17(21)13-4-5-13/h2-3,6-13,19H,4-5H2,1H3,(H,20,21). The number of hydrogen-bond acceptors (Lipinski definition) is 3. The number of benzene rings is 1. The van der Waals surface area contributed by atoms with Gasteiger partial charge in [-0.25, -0.2) is 0 Å². The van der Waals surface area contributed by atoms with Gasteiger partial charge in [0.25, 0.3) is 0 Å². The van der Waals surface area contributed by atoms with Crippen LogP contribution in [0.25, 0.3) is 0 Å². The number of rotatable bonds is 5. The van der Waals surface area contributed by atoms with Crippen molar-refractivity contribution >= 4 is 17.3 Å². The van der Waals surface area contributed by atoms with Crippen molar-refractivity contribution < 1.29 is 4.79 Å². The second-order valence-electron chi connectivity index (χ2n) is 5.49. The fourth-order valence-electron chi connectivity index (χ4n) is 2.21. The van der Waals surface area contributed by atoms with E-state index in [9.17, 15) is 4.79 Å². The Hall–Kier alpha value is -2.36. The topological polar surface area (TPSA) is 54.0 Å². The van der Waals surface area contributed by atoms with Crippen LogP contribution in [0.1, 0.15) is 31.4 Å². The first kappa shape index (κ1) is 13.6. The summed E-state index contributed by atoms with van der Waals surface area (Å²) in [4.78, 5) is 15.8. The van der Waals surface area contributed by atoms with E-state index in [0.29, 0.717) is 0 Å². The first-order chi connectivity index (χ1) is 10.2. The lowest BCUT2D eigenvalue weighted by Crippen LogP contribution is -2.13. The minimum atomic E-state index is 0.138. The normalized spacial score (nSPS) is 15.3. The molecule has 2 aromatic rings. The van der Waals surface area contributed by atoms with Crippen molar-refractivity contribution in [3.8, 4) is 0 Å². The van der Waals surface area contributed by atoms with Crippen LogP contribution in [0.4, 0.5) is 11.4 Å². The lowest BCUT2D eigenvalue weighted by Gasteiger charge is -2.15. The van der Waals surface area contributed by atoms with Gasteiger partial charge in [-0.1, -0.05) is 6.07 Å². The molecule has 1 fully saturated rings. The van der Waals surface area contributed by atoms with Gasteiger partial charge in [-0.2, -0.15) is 0 Å². The minimum absolute atomic E-state index is 0.138. The summed E-state index contributed by atoms with van der Waals surface area (Å²) in [5.74, 6) is 0.368. The molecule has 4 heteroatoms. The van der Waals surface area contributed by atoms with Crippen LogP contribution in [-0.4, -0.2) is 10.9 Å². The van der Waals surface area contributed by atoms with Crippen molar-refractivity contribution in [2.45, 2.75) is 25.8 Å². The molecule has 1 aromatic heterocycles. The number of hydrogen-bond donors (Lipinski definition) is 2. The summed E-state index contributed by atoms with van der Waals surface area (Å²) >= 11 is 0. The van der Waals surface area contributed by atoms with Crippen molar-refractivity contribution in [2.75, 3.05) is 10.6 Å². The third-order valence-electron chi connectivity index (χ3n) is 3.67. The Bertz CT molecular complexity index is 606. The van der Waals surface area contributed by atoms with Gasteiger partial charge in [-0.05, 0) is 55.7 Å². The molecular formula is C17H19N3O. The lowest BCUT2D eigenvalue weighted by molar-refractivity contribution is -0.117. The Balaban J connectivity index is 1.60. The highest BCUT2D eigenvalue weighted by Gasteiger charge is 2.29. The van der Waals surface area contributed by atoms with Crippen LogP contribution in [0, 0.1) is 5.92 Å². The predicted molar refractivity (Wildman–Crippen MR) is 84.1 cm³/mol. The molecule has 2 N–H and O–H groups in total. The van der Waals surface area contributed by atoms with Gasteiger partial charge in [0.05, 0.1) is 6.04 Å². The zero-order valence-electron chi connectivity index (χ0n) is 12.0. The van der Waals surface area contributed by atoms with E-state index >= 15 is 0 Å². The van der Waals surface area contributed by atoms with Crippen LogP contribution in [-0.2, 0) is 4.79 Å². The maximum absolute atomic E-state index is 11.7. The quantitative estimate of drug-likeness (QED) is 0.880. The SMILES string of the molecule is CC(Nc1ccc(NC(=O)C2CC2)cc1)c1cccnc1. The molecule has 0 radical (unpaired) electrons. The van der Waals surface area contributed by atoms with E-state index in [1.807, 2.05) is 36.5 Å². The number of pyridine rings is 1. The van der Waals surface area contributed by atoms with E-state index in [-0.39, 0.29) is 17.9 Å². The number of nitrogens with zero attached hydrogens (tertiary/aromatic N) is 1. The molecule has 0 bridgehead atoms. The van der Waals surface area contributed by atoms with Gasteiger partial charge in [-0.15, -0.1) is 0 Å². The Morgan fingerprint density at radius 1 is 1.19 bits per heavy atom. The highest BCUT2D eigenvalue weighted by molar-refractivity contribution is 5.94. The number of carbonyl (C=O) groups excluding carboxylic acids is 1. The molecule has 1 aromatic carbocycles. The fourth-order valence-corrected chi connectivity index (χ4v) is 2.21. The number of nitrogens with one attached hydrogen (secondary N) is 2. The van der Waals surface area contributed by atoms with Crippen molar-refractivity contribution in [3.63, 3.8) is 0 Å². The molecule has 3 rings (SSSR count). The van der Waals surface area contributed by atoms with E-state index in [1.54, 1.807) is 6.20 Å². The van der Waals surface area contributed by atoms with Gasteiger partial charge >= 0.3 is 0 Å². The Kier molecular flexibility index (Phi) is 3.86. The first-order valence-corrected chi connectivity index (χ1v) is 7.30. The van der Waals surface area contributed by atoms with Crippen LogP contribution in [0.5, 0.6) is 0 Å². The number of aromatic nitrogens is 1. The third-order valence-corrected chi connectivity index (χ3v) is 3.67. The van der Waals surface area contributed by atoms with Gasteiger partial charge in [0.15, 0.2) is 0 Å². The molecule has 0 spiro atoms. The highest BCUT2D eigenvalue weighted by Crippen LogP contribution is 2.30. The Morgan fingerprint density at radius 2 is 1.90 bits per heavy atom. The molecule has 0 saturated heterocycles. The molecule has 1 aliphatic carbocycles. The second kappa shape index (κ2) is 5.95. The van der Waals surface area contributed by atoms with Crippen molar-refractivity contribution in [2.24, 2.45) is 5.92 Å². The number of anilines is 2. The lowest BCUT2D eigenvalue weighted by atomic mass is 10.1. The smallest absolute Gasteiger partial charge is 0.227 e. The maximum atomic E-state index is 11.7. The van der Waals surface area contributed by atoms with Crippen LogP contribution in [0.2, 0.25) is 0 Å². The summed E-state index contributed by atoms with van der Waals surface area (Å²) in [6, 6.07) is 12.0. The largest absolute Gasteiger partial charge is 0.378 e. The van der Waals surface area contributed by atoms with E-state index in [2.05, 4.69) is 28.6 Å². The Labute approximate surface area is 124 Å². The third kappa shape index (κ3) is 3.60. The molecule has 4 nitrogen and oxygen atoms in total. The molecule has 1 atom stereocenters. The van der Waals surface area contributed by atoms with E-state index in [4.69, 9.17) is 0 Å². The number of amides is 1. The van der Waals surface area contributed by atoms with Crippen molar-refractivity contribution in [3.05, 3.63) is 54.4 Å². The van der Waals surface area contributed by atoms with E-state index in [0.717, 1.165) is 29.8 Å². The summed E-state index contributed by atoms with van der Waals surface area (Å²) in [7, 11) is 0. The van der Waals surface area contributed by atoms with Crippen LogP contribution in [0.15, 0.2) is 48.8 Å².